The third kappa shape index (κ3) is 3.95. The van der Waals surface area contributed by atoms with Gasteiger partial charge in [0.05, 0.1) is 0 Å². The van der Waals surface area contributed by atoms with Crippen LogP contribution in [-0.4, -0.2) is 37.1 Å². The Balaban J connectivity index is 1.97. The highest BCUT2D eigenvalue weighted by Gasteiger charge is 2.38. The van der Waals surface area contributed by atoms with Crippen molar-refractivity contribution in [3.05, 3.63) is 0 Å². The average Bonchev–Trinajstić information content (AvgIpc) is 2.36. The molecule has 2 rings (SSSR count). The summed E-state index contributed by atoms with van der Waals surface area (Å²) in [4.78, 5) is 2.89. The molecule has 3 atom stereocenters. The van der Waals surface area contributed by atoms with Gasteiger partial charge < -0.3 is 5.32 Å². The van der Waals surface area contributed by atoms with Gasteiger partial charge in [-0.15, -0.1) is 0 Å². The van der Waals surface area contributed by atoms with Crippen molar-refractivity contribution in [2.75, 3.05) is 20.1 Å². The summed E-state index contributed by atoms with van der Waals surface area (Å²) in [6.07, 6.45) is 9.87. The highest BCUT2D eigenvalue weighted by Crippen LogP contribution is 2.42. The molecule has 1 N–H and O–H groups in total. The van der Waals surface area contributed by atoms with E-state index in [9.17, 15) is 0 Å². The van der Waals surface area contributed by atoms with Gasteiger partial charge in [0.1, 0.15) is 0 Å². The second kappa shape index (κ2) is 6.58. The maximum atomic E-state index is 3.34. The van der Waals surface area contributed by atoms with E-state index < -0.39 is 0 Å². The molecule has 1 heterocycles. The van der Waals surface area contributed by atoms with Crippen LogP contribution in [0.4, 0.5) is 0 Å². The first-order valence-corrected chi connectivity index (χ1v) is 8.44. The zero-order valence-electron chi connectivity index (χ0n) is 13.5. The Bertz CT molecular complexity index is 274. The van der Waals surface area contributed by atoms with Crippen LogP contribution in [0.25, 0.3) is 0 Å². The van der Waals surface area contributed by atoms with Gasteiger partial charge in [0.15, 0.2) is 0 Å². The van der Waals surface area contributed by atoms with E-state index in [1.807, 2.05) is 0 Å². The summed E-state index contributed by atoms with van der Waals surface area (Å²) in [5.74, 6) is 0.874. The predicted molar refractivity (Wildman–Crippen MR) is 83.5 cm³/mol. The molecule has 0 amide bonds. The normalized spacial score (nSPS) is 36.3. The van der Waals surface area contributed by atoms with Gasteiger partial charge in [0, 0.05) is 12.1 Å². The monoisotopic (exact) mass is 266 g/mol. The van der Waals surface area contributed by atoms with Crippen LogP contribution in [0.2, 0.25) is 0 Å². The minimum absolute atomic E-state index is 0.576. The van der Waals surface area contributed by atoms with E-state index >= 15 is 0 Å². The minimum Gasteiger partial charge on any atom is -0.320 e. The van der Waals surface area contributed by atoms with E-state index in [0.717, 1.165) is 18.0 Å². The Morgan fingerprint density at radius 3 is 2.68 bits per heavy atom. The molecule has 0 radical (unpaired) electrons. The zero-order chi connectivity index (χ0) is 13.9. The maximum Gasteiger partial charge on any atom is 0.0124 e. The first-order valence-electron chi connectivity index (χ1n) is 8.44. The van der Waals surface area contributed by atoms with Gasteiger partial charge >= 0.3 is 0 Å². The lowest BCUT2D eigenvalue weighted by atomic mass is 9.69. The standard InChI is InChI=1S/C17H34N2/c1-14-13-17(2,3)10-8-16(14)19-12-6-5-7-15(19)9-11-18-4/h14-16,18H,5-13H2,1-4H3. The molecule has 1 saturated carbocycles. The van der Waals surface area contributed by atoms with Crippen LogP contribution in [0, 0.1) is 11.3 Å². The predicted octanol–water partition coefficient (Wildman–Crippen LogP) is 3.67. The lowest BCUT2D eigenvalue weighted by Crippen LogP contribution is -2.52. The third-order valence-corrected chi connectivity index (χ3v) is 5.47. The Labute approximate surface area is 120 Å². The second-order valence-electron chi connectivity index (χ2n) is 7.73. The molecule has 0 bridgehead atoms. The van der Waals surface area contributed by atoms with Crippen molar-refractivity contribution in [1.82, 2.24) is 10.2 Å². The van der Waals surface area contributed by atoms with Gasteiger partial charge in [0.2, 0.25) is 0 Å². The molecule has 1 aliphatic heterocycles. The number of hydrogen-bond acceptors (Lipinski definition) is 2. The van der Waals surface area contributed by atoms with Crippen molar-refractivity contribution in [2.24, 2.45) is 11.3 Å². The van der Waals surface area contributed by atoms with Crippen LogP contribution in [-0.2, 0) is 0 Å². The first-order chi connectivity index (χ1) is 9.03. The van der Waals surface area contributed by atoms with Gasteiger partial charge in [0.25, 0.3) is 0 Å². The molecule has 2 aliphatic rings. The molecular weight excluding hydrogens is 232 g/mol. The van der Waals surface area contributed by atoms with E-state index in [-0.39, 0.29) is 0 Å². The summed E-state index contributed by atoms with van der Waals surface area (Å²) in [6, 6.07) is 1.70. The molecule has 0 aromatic carbocycles. The molecular formula is C17H34N2. The Morgan fingerprint density at radius 1 is 1.21 bits per heavy atom. The van der Waals surface area contributed by atoms with Gasteiger partial charge in [-0.3, -0.25) is 4.90 Å². The van der Waals surface area contributed by atoms with Crippen LogP contribution < -0.4 is 5.32 Å². The summed E-state index contributed by atoms with van der Waals surface area (Å²) in [5.41, 5.74) is 0.576. The summed E-state index contributed by atoms with van der Waals surface area (Å²) in [7, 11) is 2.08. The van der Waals surface area contributed by atoms with Crippen LogP contribution in [0.5, 0.6) is 0 Å². The fraction of sp³-hybridized carbons (Fsp3) is 1.00. The Kier molecular flexibility index (Phi) is 5.30. The molecule has 1 saturated heterocycles. The molecule has 0 aromatic rings. The average molecular weight is 266 g/mol. The molecule has 3 unspecified atom stereocenters. The van der Waals surface area contributed by atoms with Crippen molar-refractivity contribution in [2.45, 2.75) is 77.8 Å². The molecule has 0 spiro atoms. The lowest BCUT2D eigenvalue weighted by Gasteiger charge is -2.49. The van der Waals surface area contributed by atoms with E-state index in [4.69, 9.17) is 0 Å². The van der Waals surface area contributed by atoms with E-state index in [2.05, 4.69) is 38.0 Å². The van der Waals surface area contributed by atoms with Crippen molar-refractivity contribution >= 4 is 0 Å². The fourth-order valence-electron chi connectivity index (χ4n) is 4.51. The van der Waals surface area contributed by atoms with E-state index in [1.54, 1.807) is 0 Å². The van der Waals surface area contributed by atoms with Crippen molar-refractivity contribution in [3.8, 4) is 0 Å². The van der Waals surface area contributed by atoms with E-state index in [1.165, 1.54) is 58.0 Å². The largest absolute Gasteiger partial charge is 0.320 e. The SMILES string of the molecule is CNCCC1CCCCN1C1CCC(C)(C)CC1C. The minimum atomic E-state index is 0.576. The van der Waals surface area contributed by atoms with Crippen LogP contribution in [0.1, 0.15) is 65.7 Å². The topological polar surface area (TPSA) is 15.3 Å². The molecule has 1 aliphatic carbocycles. The number of likely N-dealkylation sites (tertiary alicyclic amines) is 1. The second-order valence-corrected chi connectivity index (χ2v) is 7.73. The molecule has 2 fully saturated rings. The van der Waals surface area contributed by atoms with Gasteiger partial charge in [-0.25, -0.2) is 0 Å². The highest BCUT2D eigenvalue weighted by atomic mass is 15.2. The lowest BCUT2D eigenvalue weighted by molar-refractivity contribution is 0.0117. The van der Waals surface area contributed by atoms with Crippen molar-refractivity contribution in [3.63, 3.8) is 0 Å². The summed E-state index contributed by atoms with van der Waals surface area (Å²) in [6.45, 7) is 9.93. The number of rotatable bonds is 4. The molecule has 112 valence electrons. The Morgan fingerprint density at radius 2 is 2.00 bits per heavy atom. The van der Waals surface area contributed by atoms with Crippen LogP contribution in [0.15, 0.2) is 0 Å². The molecule has 19 heavy (non-hydrogen) atoms. The first kappa shape index (κ1) is 15.3. The van der Waals surface area contributed by atoms with Crippen LogP contribution >= 0.6 is 0 Å². The van der Waals surface area contributed by atoms with E-state index in [0.29, 0.717) is 5.41 Å². The molecule has 2 heteroatoms. The quantitative estimate of drug-likeness (QED) is 0.835. The maximum absolute atomic E-state index is 3.34. The van der Waals surface area contributed by atoms with Crippen LogP contribution in [0.3, 0.4) is 0 Å². The Hall–Kier alpha value is -0.0800. The highest BCUT2D eigenvalue weighted by molar-refractivity contribution is 4.92. The number of hydrogen-bond donors (Lipinski definition) is 1. The van der Waals surface area contributed by atoms with Gasteiger partial charge in [-0.2, -0.15) is 0 Å². The van der Waals surface area contributed by atoms with Crippen molar-refractivity contribution in [1.29, 1.82) is 0 Å². The molecule has 0 aromatic heterocycles. The smallest absolute Gasteiger partial charge is 0.0124 e. The summed E-state index contributed by atoms with van der Waals surface area (Å²) >= 11 is 0. The third-order valence-electron chi connectivity index (χ3n) is 5.47. The van der Waals surface area contributed by atoms with Crippen molar-refractivity contribution < 1.29 is 0 Å². The molecule has 2 nitrogen and oxygen atoms in total. The number of nitrogens with one attached hydrogen (secondary N) is 1. The van der Waals surface area contributed by atoms with Gasteiger partial charge in [-0.1, -0.05) is 27.2 Å². The number of nitrogens with zero attached hydrogens (tertiary/aromatic N) is 1. The summed E-state index contributed by atoms with van der Waals surface area (Å²) < 4.78 is 0. The zero-order valence-corrected chi connectivity index (χ0v) is 13.5. The number of piperidine rings is 1. The van der Waals surface area contributed by atoms with Gasteiger partial charge in [-0.05, 0) is 70.0 Å². The summed E-state index contributed by atoms with van der Waals surface area (Å²) in [5, 5.41) is 3.34. The fourth-order valence-corrected chi connectivity index (χ4v) is 4.51.